The number of carbonyl (C=O) groups is 1. The Bertz CT molecular complexity index is 1360. The summed E-state index contributed by atoms with van der Waals surface area (Å²) < 4.78 is 7.03. The Morgan fingerprint density at radius 2 is 1.84 bits per heavy atom. The molecule has 7 nitrogen and oxygen atoms in total. The van der Waals surface area contributed by atoms with Crippen molar-refractivity contribution < 1.29 is 9.53 Å². The fraction of sp³-hybridized carbons (Fsp3) is 0.167. The second-order valence-electron chi connectivity index (χ2n) is 7.51. The number of hydrogen-bond donors (Lipinski definition) is 0. The number of ether oxygens (including phenoxy) is 1. The SMILES string of the molecule is Cc1csc2nc(COC(=O)C3=NN(c4ccccc4)C(c4ccccc4)C3)cc(=O)n12. The van der Waals surface area contributed by atoms with E-state index in [0.717, 1.165) is 16.9 Å². The van der Waals surface area contributed by atoms with Gasteiger partial charge < -0.3 is 4.74 Å². The monoisotopic (exact) mass is 444 g/mol. The van der Waals surface area contributed by atoms with Gasteiger partial charge in [0.15, 0.2) is 4.96 Å². The summed E-state index contributed by atoms with van der Waals surface area (Å²) in [5.74, 6) is -0.506. The lowest BCUT2D eigenvalue weighted by Gasteiger charge is -2.23. The molecule has 3 heterocycles. The molecule has 0 bridgehead atoms. The molecule has 1 aliphatic rings. The highest BCUT2D eigenvalue weighted by Crippen LogP contribution is 2.35. The summed E-state index contributed by atoms with van der Waals surface area (Å²) >= 11 is 1.38. The highest BCUT2D eigenvalue weighted by atomic mass is 32.1. The summed E-state index contributed by atoms with van der Waals surface area (Å²) in [6.07, 6.45) is 0.428. The number of rotatable bonds is 5. The van der Waals surface area contributed by atoms with Crippen LogP contribution in [0.2, 0.25) is 0 Å². The largest absolute Gasteiger partial charge is 0.455 e. The van der Waals surface area contributed by atoms with E-state index in [1.54, 1.807) is 4.40 Å². The number of thiazole rings is 1. The van der Waals surface area contributed by atoms with Gasteiger partial charge in [-0.3, -0.25) is 14.2 Å². The number of hydrogen-bond acceptors (Lipinski definition) is 7. The number of anilines is 1. The highest BCUT2D eigenvalue weighted by Gasteiger charge is 2.33. The van der Waals surface area contributed by atoms with E-state index in [9.17, 15) is 9.59 Å². The maximum atomic E-state index is 12.8. The molecule has 0 aliphatic carbocycles. The average molecular weight is 445 g/mol. The van der Waals surface area contributed by atoms with Crippen LogP contribution in [0.15, 0.2) is 82.0 Å². The van der Waals surface area contributed by atoms with E-state index in [-0.39, 0.29) is 18.2 Å². The van der Waals surface area contributed by atoms with E-state index in [4.69, 9.17) is 4.74 Å². The van der Waals surface area contributed by atoms with E-state index in [1.165, 1.54) is 17.4 Å². The van der Waals surface area contributed by atoms with Crippen molar-refractivity contribution in [1.82, 2.24) is 9.38 Å². The summed E-state index contributed by atoms with van der Waals surface area (Å²) in [6.45, 7) is 1.77. The Balaban J connectivity index is 1.37. The Morgan fingerprint density at radius 1 is 1.12 bits per heavy atom. The van der Waals surface area contributed by atoms with Crippen LogP contribution in [-0.2, 0) is 16.1 Å². The number of aryl methyl sites for hydroxylation is 1. The third-order valence-electron chi connectivity index (χ3n) is 5.33. The van der Waals surface area contributed by atoms with E-state index in [0.29, 0.717) is 22.8 Å². The van der Waals surface area contributed by atoms with E-state index >= 15 is 0 Å². The Kier molecular flexibility index (Phi) is 5.28. The van der Waals surface area contributed by atoms with Crippen molar-refractivity contribution in [3.63, 3.8) is 0 Å². The zero-order valence-corrected chi connectivity index (χ0v) is 18.2. The minimum absolute atomic E-state index is 0.0815. The molecule has 160 valence electrons. The maximum Gasteiger partial charge on any atom is 0.354 e. The van der Waals surface area contributed by atoms with Gasteiger partial charge in [0.05, 0.1) is 17.4 Å². The predicted octanol–water partition coefficient (Wildman–Crippen LogP) is 4.12. The van der Waals surface area contributed by atoms with Gasteiger partial charge in [-0.2, -0.15) is 5.10 Å². The smallest absolute Gasteiger partial charge is 0.354 e. The number of aromatic nitrogens is 2. The normalized spacial score (nSPS) is 15.7. The predicted molar refractivity (Wildman–Crippen MR) is 124 cm³/mol. The number of esters is 1. The Hall–Kier alpha value is -3.78. The van der Waals surface area contributed by atoms with Gasteiger partial charge in [0.2, 0.25) is 0 Å². The molecule has 0 radical (unpaired) electrons. The van der Waals surface area contributed by atoms with E-state index < -0.39 is 5.97 Å². The zero-order chi connectivity index (χ0) is 22.1. The molecule has 1 unspecified atom stereocenters. The topological polar surface area (TPSA) is 76.3 Å². The van der Waals surface area contributed by atoms with Crippen LogP contribution in [0.3, 0.4) is 0 Å². The van der Waals surface area contributed by atoms with Gasteiger partial charge in [-0.1, -0.05) is 48.5 Å². The van der Waals surface area contributed by atoms with Crippen molar-refractivity contribution in [2.24, 2.45) is 5.10 Å². The quantitative estimate of drug-likeness (QED) is 0.433. The zero-order valence-electron chi connectivity index (χ0n) is 17.3. The molecule has 2 aromatic heterocycles. The van der Waals surface area contributed by atoms with Crippen LogP contribution >= 0.6 is 11.3 Å². The third kappa shape index (κ3) is 3.80. The number of nitrogens with zero attached hydrogens (tertiary/aromatic N) is 4. The second-order valence-corrected chi connectivity index (χ2v) is 8.35. The molecule has 0 saturated carbocycles. The molecule has 8 heteroatoms. The lowest BCUT2D eigenvalue weighted by atomic mass is 10.0. The van der Waals surface area contributed by atoms with Gasteiger partial charge in [0, 0.05) is 23.6 Å². The molecule has 4 aromatic rings. The molecule has 0 amide bonds. The van der Waals surface area contributed by atoms with Crippen molar-refractivity contribution in [1.29, 1.82) is 0 Å². The van der Waals surface area contributed by atoms with E-state index in [2.05, 4.69) is 10.1 Å². The van der Waals surface area contributed by atoms with Gasteiger partial charge in [-0.05, 0) is 24.6 Å². The van der Waals surface area contributed by atoms with Crippen LogP contribution < -0.4 is 10.6 Å². The van der Waals surface area contributed by atoms with Crippen LogP contribution in [0.5, 0.6) is 0 Å². The lowest BCUT2D eigenvalue weighted by molar-refractivity contribution is -0.137. The number of benzene rings is 2. The van der Waals surface area contributed by atoms with Gasteiger partial charge in [-0.15, -0.1) is 11.3 Å². The number of para-hydroxylation sites is 1. The summed E-state index contributed by atoms with van der Waals surface area (Å²) in [6, 6.07) is 21.0. The van der Waals surface area contributed by atoms with Crippen LogP contribution in [0.1, 0.15) is 29.4 Å². The molecular formula is C24H20N4O3S. The Labute approximate surface area is 188 Å². The van der Waals surface area contributed by atoms with Crippen molar-refractivity contribution in [3.8, 4) is 0 Å². The molecule has 0 saturated heterocycles. The number of fused-ring (bicyclic) bond motifs is 1. The van der Waals surface area contributed by atoms with Gasteiger partial charge >= 0.3 is 5.97 Å². The first-order chi connectivity index (χ1) is 15.6. The number of hydrazone groups is 1. The molecule has 0 spiro atoms. The second kappa shape index (κ2) is 8.39. The first-order valence-electron chi connectivity index (χ1n) is 10.2. The van der Waals surface area contributed by atoms with Crippen LogP contribution in [-0.4, -0.2) is 21.1 Å². The average Bonchev–Trinajstić information content (AvgIpc) is 3.43. The first kappa shape index (κ1) is 20.1. The van der Waals surface area contributed by atoms with E-state index in [1.807, 2.05) is 78.0 Å². The lowest BCUT2D eigenvalue weighted by Crippen LogP contribution is -2.19. The number of carbonyl (C=O) groups excluding carboxylic acids is 1. The van der Waals surface area contributed by atoms with Gasteiger partial charge in [0.25, 0.3) is 5.56 Å². The standard InChI is InChI=1S/C24H20N4O3S/c1-16-15-32-24-25-18(12-22(29)27(16)24)14-31-23(30)20-13-21(17-8-4-2-5-9-17)28(26-20)19-10-6-3-7-11-19/h2-12,15,21H,13-14H2,1H3. The fourth-order valence-electron chi connectivity index (χ4n) is 3.78. The molecule has 2 aromatic carbocycles. The van der Waals surface area contributed by atoms with Crippen molar-refractivity contribution in [2.75, 3.05) is 5.01 Å². The van der Waals surface area contributed by atoms with Crippen LogP contribution in [0.25, 0.3) is 4.96 Å². The summed E-state index contributed by atoms with van der Waals surface area (Å²) in [4.78, 5) is 30.2. The Morgan fingerprint density at radius 3 is 2.59 bits per heavy atom. The summed E-state index contributed by atoms with van der Waals surface area (Å²) in [5.41, 5.74) is 3.38. The maximum absolute atomic E-state index is 12.8. The van der Waals surface area contributed by atoms with Gasteiger partial charge in [-0.25, -0.2) is 9.78 Å². The van der Waals surface area contributed by atoms with Crippen LogP contribution in [0.4, 0.5) is 5.69 Å². The summed E-state index contributed by atoms with van der Waals surface area (Å²) in [5, 5.41) is 8.32. The highest BCUT2D eigenvalue weighted by molar-refractivity contribution is 7.15. The molecule has 32 heavy (non-hydrogen) atoms. The van der Waals surface area contributed by atoms with Crippen molar-refractivity contribution in [3.05, 3.63) is 99.4 Å². The molecule has 1 aliphatic heterocycles. The third-order valence-corrected chi connectivity index (χ3v) is 6.27. The fourth-order valence-corrected chi connectivity index (χ4v) is 4.68. The molecule has 0 fully saturated rings. The minimum atomic E-state index is -0.506. The van der Waals surface area contributed by atoms with Crippen LogP contribution in [0, 0.1) is 6.92 Å². The molecular weight excluding hydrogens is 424 g/mol. The molecule has 0 N–H and O–H groups in total. The van der Waals surface area contributed by atoms with Crippen molar-refractivity contribution in [2.45, 2.75) is 26.0 Å². The summed E-state index contributed by atoms with van der Waals surface area (Å²) in [7, 11) is 0. The molecule has 1 atom stereocenters. The molecule has 5 rings (SSSR count). The minimum Gasteiger partial charge on any atom is -0.455 e. The van der Waals surface area contributed by atoms with Crippen molar-refractivity contribution >= 4 is 33.7 Å². The first-order valence-corrected chi connectivity index (χ1v) is 11.1. The van der Waals surface area contributed by atoms with Gasteiger partial charge in [0.1, 0.15) is 12.3 Å².